The first-order valence-electron chi connectivity index (χ1n) is 4.66. The van der Waals surface area contributed by atoms with Crippen molar-refractivity contribution in [2.24, 2.45) is 5.73 Å². The zero-order valence-electron chi connectivity index (χ0n) is 9.35. The summed E-state index contributed by atoms with van der Waals surface area (Å²) >= 11 is 5.54. The molecule has 2 N–H and O–H groups in total. The summed E-state index contributed by atoms with van der Waals surface area (Å²) in [4.78, 5) is 10.3. The minimum Gasteiger partial charge on any atom is -0.462 e. The van der Waals surface area contributed by atoms with Gasteiger partial charge in [-0.2, -0.15) is 0 Å². The van der Waals surface area contributed by atoms with Crippen LogP contribution in [-0.2, 0) is 9.53 Å². The highest BCUT2D eigenvalue weighted by molar-refractivity contribution is 6.30. The molecule has 5 heteroatoms. The molecule has 0 spiro atoms. The van der Waals surface area contributed by atoms with Crippen LogP contribution in [0.1, 0.15) is 13.8 Å². The number of rotatable bonds is 2. The van der Waals surface area contributed by atoms with Crippen LogP contribution < -0.4 is 5.73 Å². The summed E-state index contributed by atoms with van der Waals surface area (Å²) in [5.74, 6) is -0.347. The van der Waals surface area contributed by atoms with E-state index in [4.69, 9.17) is 17.3 Å². The maximum Gasteiger partial charge on any atom is 0.319 e. The van der Waals surface area contributed by atoms with Crippen molar-refractivity contribution in [1.82, 2.24) is 0 Å². The van der Waals surface area contributed by atoms with Crippen molar-refractivity contribution >= 4 is 30.0 Å². The molecule has 92 valence electrons. The Morgan fingerprint density at radius 2 is 1.88 bits per heavy atom. The Kier molecular flexibility index (Phi) is 11.8. The number of hydrogen-bond acceptors (Lipinski definition) is 3. The number of nitrogens with two attached hydrogens (primary N) is 1. The lowest BCUT2D eigenvalue weighted by Gasteiger charge is -2.04. The van der Waals surface area contributed by atoms with Crippen molar-refractivity contribution in [3.8, 4) is 0 Å². The predicted molar refractivity (Wildman–Crippen MR) is 69.0 cm³/mol. The smallest absolute Gasteiger partial charge is 0.319 e. The molecule has 16 heavy (non-hydrogen) atoms. The van der Waals surface area contributed by atoms with E-state index in [2.05, 4.69) is 4.74 Å². The molecule has 0 radical (unpaired) electrons. The summed E-state index contributed by atoms with van der Waals surface area (Å²) in [6, 6.07) is 9.44. The van der Waals surface area contributed by atoms with E-state index in [0.29, 0.717) is 0 Å². The van der Waals surface area contributed by atoms with Crippen molar-refractivity contribution in [3.63, 3.8) is 0 Å². The second-order valence-electron chi connectivity index (χ2n) is 3.04. The monoisotopic (exact) mass is 265 g/mol. The van der Waals surface area contributed by atoms with Crippen molar-refractivity contribution < 1.29 is 9.53 Å². The average molecular weight is 266 g/mol. The Morgan fingerprint density at radius 1 is 1.38 bits per heavy atom. The number of benzene rings is 1. The second-order valence-corrected chi connectivity index (χ2v) is 3.47. The molecule has 0 amide bonds. The van der Waals surface area contributed by atoms with Gasteiger partial charge in [0.2, 0.25) is 0 Å². The molecule has 3 nitrogen and oxygen atoms in total. The standard InChI is InChI=1S/C6H5Cl.C5H11NO2.ClH/c7-6-4-2-1-3-5-6;1-4(2)8-5(7)3-6;/h1-5H;4H,3,6H2,1-2H3;1H. The molecule has 1 rings (SSSR count). The molecule has 0 aliphatic rings. The number of carbonyl (C=O) groups is 1. The molecule has 0 heterocycles. The van der Waals surface area contributed by atoms with E-state index in [1.165, 1.54) is 0 Å². The summed E-state index contributed by atoms with van der Waals surface area (Å²) in [7, 11) is 0. The van der Waals surface area contributed by atoms with Crippen molar-refractivity contribution in [3.05, 3.63) is 35.4 Å². The van der Waals surface area contributed by atoms with E-state index in [9.17, 15) is 4.79 Å². The normalized spacial score (nSPS) is 8.56. The van der Waals surface area contributed by atoms with Gasteiger partial charge in [-0.15, -0.1) is 12.4 Å². The first kappa shape index (κ1) is 17.6. The van der Waals surface area contributed by atoms with Gasteiger partial charge in [0.25, 0.3) is 0 Å². The Hall–Kier alpha value is -0.770. The second kappa shape index (κ2) is 10.7. The maximum atomic E-state index is 10.3. The Labute approximate surface area is 107 Å². The first-order chi connectivity index (χ1) is 7.06. The van der Waals surface area contributed by atoms with Gasteiger partial charge in [-0.25, -0.2) is 0 Å². The van der Waals surface area contributed by atoms with Crippen LogP contribution in [0.15, 0.2) is 30.3 Å². The summed E-state index contributed by atoms with van der Waals surface area (Å²) in [5, 5.41) is 0.794. The zero-order chi connectivity index (χ0) is 11.7. The van der Waals surface area contributed by atoms with Crippen molar-refractivity contribution in [2.45, 2.75) is 20.0 Å². The van der Waals surface area contributed by atoms with Gasteiger partial charge in [-0.05, 0) is 26.0 Å². The number of hydrogen-bond donors (Lipinski definition) is 1. The van der Waals surface area contributed by atoms with Crippen LogP contribution in [0.4, 0.5) is 0 Å². The van der Waals surface area contributed by atoms with Gasteiger partial charge in [-0.1, -0.05) is 29.8 Å². The number of ether oxygens (including phenoxy) is 1. The van der Waals surface area contributed by atoms with Gasteiger partial charge < -0.3 is 10.5 Å². The van der Waals surface area contributed by atoms with Crippen LogP contribution in [0.25, 0.3) is 0 Å². The van der Waals surface area contributed by atoms with Gasteiger partial charge >= 0.3 is 5.97 Å². The molecule has 0 atom stereocenters. The molecule has 1 aromatic rings. The largest absolute Gasteiger partial charge is 0.462 e. The quantitative estimate of drug-likeness (QED) is 0.837. The molecule has 1 aromatic carbocycles. The fraction of sp³-hybridized carbons (Fsp3) is 0.364. The lowest BCUT2D eigenvalue weighted by atomic mass is 10.4. The third-order valence-corrected chi connectivity index (χ3v) is 1.52. The molecule has 0 saturated heterocycles. The third-order valence-electron chi connectivity index (χ3n) is 1.27. The van der Waals surface area contributed by atoms with Crippen molar-refractivity contribution in [2.75, 3.05) is 6.54 Å². The van der Waals surface area contributed by atoms with Crippen LogP contribution in [0.2, 0.25) is 5.02 Å². The maximum absolute atomic E-state index is 10.3. The number of halogens is 2. The fourth-order valence-corrected chi connectivity index (χ4v) is 0.871. The number of esters is 1. The molecular weight excluding hydrogens is 249 g/mol. The average Bonchev–Trinajstić information content (AvgIpc) is 2.19. The van der Waals surface area contributed by atoms with Gasteiger partial charge in [0.1, 0.15) is 0 Å². The van der Waals surface area contributed by atoms with Crippen LogP contribution in [0.3, 0.4) is 0 Å². The van der Waals surface area contributed by atoms with Gasteiger partial charge in [0.15, 0.2) is 0 Å². The molecule has 0 saturated carbocycles. The summed E-state index contributed by atoms with van der Waals surface area (Å²) in [6.45, 7) is 3.54. The highest BCUT2D eigenvalue weighted by Gasteiger charge is 1.99. The summed E-state index contributed by atoms with van der Waals surface area (Å²) < 4.78 is 4.64. The lowest BCUT2D eigenvalue weighted by molar-refractivity contribution is -0.145. The third kappa shape index (κ3) is 11.3. The fourth-order valence-electron chi connectivity index (χ4n) is 0.726. The molecule has 0 aromatic heterocycles. The SMILES string of the molecule is CC(C)OC(=O)CN.Cl.Clc1ccccc1. The van der Waals surface area contributed by atoms with Crippen LogP contribution in [-0.4, -0.2) is 18.6 Å². The Morgan fingerprint density at radius 3 is 2.06 bits per heavy atom. The lowest BCUT2D eigenvalue weighted by Crippen LogP contribution is -2.20. The van der Waals surface area contributed by atoms with E-state index >= 15 is 0 Å². The topological polar surface area (TPSA) is 52.3 Å². The highest BCUT2D eigenvalue weighted by atomic mass is 35.5. The minimum atomic E-state index is -0.347. The predicted octanol–water partition coefficient (Wildman–Crippen LogP) is 2.66. The first-order valence-corrected chi connectivity index (χ1v) is 5.04. The summed E-state index contributed by atoms with van der Waals surface area (Å²) in [5.41, 5.74) is 4.95. The highest BCUT2D eigenvalue weighted by Crippen LogP contribution is 2.03. The Balaban J connectivity index is 0. The van der Waals surface area contributed by atoms with Crippen molar-refractivity contribution in [1.29, 1.82) is 0 Å². The van der Waals surface area contributed by atoms with Gasteiger partial charge in [-0.3, -0.25) is 4.79 Å². The molecular formula is C11H17Cl2NO2. The minimum absolute atomic E-state index is 0. The molecule has 0 aliphatic carbocycles. The van der Waals surface area contributed by atoms with Gasteiger partial charge in [0, 0.05) is 5.02 Å². The van der Waals surface area contributed by atoms with E-state index in [1.807, 2.05) is 30.3 Å². The number of carbonyl (C=O) groups excluding carboxylic acids is 1. The van der Waals surface area contributed by atoms with E-state index in [0.717, 1.165) is 5.02 Å². The molecule has 0 aliphatic heterocycles. The van der Waals surface area contributed by atoms with E-state index < -0.39 is 0 Å². The molecule has 0 bridgehead atoms. The zero-order valence-corrected chi connectivity index (χ0v) is 10.9. The Bertz CT molecular complexity index is 279. The van der Waals surface area contributed by atoms with Crippen LogP contribution >= 0.6 is 24.0 Å². The van der Waals surface area contributed by atoms with E-state index in [1.54, 1.807) is 13.8 Å². The molecule has 0 fully saturated rings. The van der Waals surface area contributed by atoms with Crippen LogP contribution in [0, 0.1) is 0 Å². The van der Waals surface area contributed by atoms with E-state index in [-0.39, 0.29) is 31.0 Å². The van der Waals surface area contributed by atoms with Crippen LogP contribution in [0.5, 0.6) is 0 Å². The molecule has 0 unspecified atom stereocenters. The van der Waals surface area contributed by atoms with Gasteiger partial charge in [0.05, 0.1) is 12.6 Å². The summed E-state index contributed by atoms with van der Waals surface area (Å²) in [6.07, 6.45) is -0.0500.